The Labute approximate surface area is 352 Å². The molecule has 59 heavy (non-hydrogen) atoms. The van der Waals surface area contributed by atoms with Crippen molar-refractivity contribution in [3.63, 3.8) is 0 Å². The molecule has 334 valence electrons. The standard InChI is InChI=1S/C40H67N7O11S/c41-30(36(50)44-25-11-8-15-31(42)37(51)45-26-12-9-16-33(47-59)40(56)57)14-7-10-24-43-34(48)23-22-32(39(54)55)46-35(49)17-6-4-2-1-3-5-13-27-58-29-20-18-28(19-21-29)38(52)53/h18-21,30-33,47,59H,1-17,22-27,41-42H2,(H,43,48)(H,44,50)(H,45,51)(H,46,49)(H,52,53)(H,54,55)(H,56,57)/t30-,31-,32-,33-/m0/s1. The number of ether oxygens (including phenoxy) is 1. The van der Waals surface area contributed by atoms with Crippen molar-refractivity contribution in [2.75, 3.05) is 26.2 Å². The smallest absolute Gasteiger partial charge is 0.335 e. The summed E-state index contributed by atoms with van der Waals surface area (Å²) in [6.45, 7) is 1.66. The number of nitrogens with two attached hydrogens (primary N) is 2. The van der Waals surface area contributed by atoms with Gasteiger partial charge in [-0.05, 0) is 101 Å². The summed E-state index contributed by atoms with van der Waals surface area (Å²) >= 11 is 3.79. The second-order valence-electron chi connectivity index (χ2n) is 14.6. The molecule has 0 saturated heterocycles. The Hall–Kier alpha value is -4.46. The Bertz CT molecular complexity index is 1420. The van der Waals surface area contributed by atoms with E-state index in [1.54, 1.807) is 12.1 Å². The summed E-state index contributed by atoms with van der Waals surface area (Å²) in [5, 5.41) is 38.2. The zero-order chi connectivity index (χ0) is 43.8. The molecule has 0 unspecified atom stereocenters. The van der Waals surface area contributed by atoms with E-state index in [0.717, 1.165) is 38.5 Å². The summed E-state index contributed by atoms with van der Waals surface area (Å²) < 4.78 is 8.06. The van der Waals surface area contributed by atoms with Gasteiger partial charge >= 0.3 is 17.9 Å². The van der Waals surface area contributed by atoms with Crippen LogP contribution in [0.25, 0.3) is 0 Å². The van der Waals surface area contributed by atoms with Gasteiger partial charge in [0.25, 0.3) is 0 Å². The van der Waals surface area contributed by atoms with E-state index in [1.165, 1.54) is 12.1 Å². The number of unbranched alkanes of at least 4 members (excludes halogenated alkanes) is 9. The number of carbonyl (C=O) groups is 7. The Morgan fingerprint density at radius 2 is 1.05 bits per heavy atom. The number of hydrogen-bond acceptors (Lipinski definition) is 12. The van der Waals surface area contributed by atoms with Gasteiger partial charge in [0.05, 0.1) is 24.3 Å². The lowest BCUT2D eigenvalue weighted by Crippen LogP contribution is -2.42. The summed E-state index contributed by atoms with van der Waals surface area (Å²) in [5.41, 5.74) is 12.2. The molecule has 0 fully saturated rings. The number of amides is 4. The van der Waals surface area contributed by atoms with Crippen LogP contribution in [0.3, 0.4) is 0 Å². The molecule has 1 aromatic rings. The van der Waals surface area contributed by atoms with Crippen molar-refractivity contribution in [1.82, 2.24) is 26.0 Å². The lowest BCUT2D eigenvalue weighted by Gasteiger charge is -2.15. The number of aliphatic carboxylic acids is 2. The highest BCUT2D eigenvalue weighted by Gasteiger charge is 2.21. The lowest BCUT2D eigenvalue weighted by molar-refractivity contribution is -0.142. The normalized spacial score (nSPS) is 13.0. The molecular weight excluding hydrogens is 787 g/mol. The van der Waals surface area contributed by atoms with Crippen molar-refractivity contribution in [2.45, 2.75) is 146 Å². The van der Waals surface area contributed by atoms with Gasteiger partial charge in [-0.3, -0.25) is 28.7 Å². The van der Waals surface area contributed by atoms with Crippen LogP contribution in [0.15, 0.2) is 24.3 Å². The molecule has 18 nitrogen and oxygen atoms in total. The number of rotatable bonds is 36. The van der Waals surface area contributed by atoms with E-state index < -0.39 is 42.1 Å². The minimum atomic E-state index is -1.20. The van der Waals surface area contributed by atoms with Gasteiger partial charge in [-0.25, -0.2) is 9.59 Å². The molecule has 1 rings (SSSR count). The van der Waals surface area contributed by atoms with Crippen molar-refractivity contribution >= 4 is 54.4 Å². The summed E-state index contributed by atoms with van der Waals surface area (Å²) in [7, 11) is 0. The van der Waals surface area contributed by atoms with Gasteiger partial charge in [0, 0.05) is 32.5 Å². The van der Waals surface area contributed by atoms with Crippen LogP contribution < -0.4 is 42.2 Å². The van der Waals surface area contributed by atoms with E-state index in [-0.39, 0.29) is 48.5 Å². The largest absolute Gasteiger partial charge is 0.494 e. The van der Waals surface area contributed by atoms with Crippen molar-refractivity contribution in [2.24, 2.45) is 11.5 Å². The highest BCUT2D eigenvalue weighted by Crippen LogP contribution is 2.14. The molecule has 0 spiro atoms. The molecule has 0 saturated carbocycles. The van der Waals surface area contributed by atoms with Gasteiger partial charge in [0.2, 0.25) is 23.6 Å². The predicted octanol–water partition coefficient (Wildman–Crippen LogP) is 2.64. The monoisotopic (exact) mass is 853 g/mol. The number of benzene rings is 1. The van der Waals surface area contributed by atoms with Crippen LogP contribution in [0.1, 0.15) is 132 Å². The third-order valence-electron chi connectivity index (χ3n) is 9.56. The maximum absolute atomic E-state index is 12.3. The molecule has 1 aromatic carbocycles. The second kappa shape index (κ2) is 32.4. The molecule has 0 aliphatic rings. The zero-order valence-corrected chi connectivity index (χ0v) is 35.0. The fraction of sp³-hybridized carbons (Fsp3) is 0.675. The van der Waals surface area contributed by atoms with Crippen LogP contribution in [-0.4, -0.2) is 107 Å². The predicted molar refractivity (Wildman–Crippen MR) is 225 cm³/mol. The fourth-order valence-corrected chi connectivity index (χ4v) is 6.15. The molecule has 4 amide bonds. The van der Waals surface area contributed by atoms with Crippen LogP contribution in [0.5, 0.6) is 5.75 Å². The summed E-state index contributed by atoms with van der Waals surface area (Å²) in [4.78, 5) is 82.7. The van der Waals surface area contributed by atoms with Crippen LogP contribution in [0.2, 0.25) is 0 Å². The van der Waals surface area contributed by atoms with Gasteiger partial charge < -0.3 is 52.8 Å². The van der Waals surface area contributed by atoms with Crippen molar-refractivity contribution in [3.05, 3.63) is 29.8 Å². The molecule has 0 bridgehead atoms. The Morgan fingerprint density at radius 1 is 0.559 bits per heavy atom. The molecule has 0 aromatic heterocycles. The Balaban J connectivity index is 2.06. The zero-order valence-electron chi connectivity index (χ0n) is 34.1. The van der Waals surface area contributed by atoms with E-state index in [0.29, 0.717) is 96.2 Å². The number of carboxylic acid groups (broad SMARTS) is 3. The molecule has 0 heterocycles. The van der Waals surface area contributed by atoms with Crippen LogP contribution in [-0.2, 0) is 28.8 Å². The number of thiol groups is 1. The highest BCUT2D eigenvalue weighted by molar-refractivity contribution is 7.78. The number of hydrogen-bond donors (Lipinski definition) is 11. The third kappa shape index (κ3) is 26.3. The Kier molecular flexibility index (Phi) is 28.9. The fourth-order valence-electron chi connectivity index (χ4n) is 5.91. The van der Waals surface area contributed by atoms with E-state index in [2.05, 4.69) is 38.8 Å². The van der Waals surface area contributed by atoms with Gasteiger partial charge in [-0.2, -0.15) is 0 Å². The quantitative estimate of drug-likeness (QED) is 0.0342. The molecule has 12 N–H and O–H groups in total. The minimum Gasteiger partial charge on any atom is -0.494 e. The first kappa shape index (κ1) is 52.6. The average molecular weight is 854 g/mol. The molecule has 0 radical (unpaired) electrons. The number of nitrogens with one attached hydrogen (secondary N) is 5. The van der Waals surface area contributed by atoms with Crippen molar-refractivity contribution < 1.29 is 53.6 Å². The van der Waals surface area contributed by atoms with E-state index in [4.69, 9.17) is 26.4 Å². The average Bonchev–Trinajstić information content (AvgIpc) is 3.20. The maximum Gasteiger partial charge on any atom is 0.335 e. The van der Waals surface area contributed by atoms with Gasteiger partial charge in [-0.1, -0.05) is 44.9 Å². The van der Waals surface area contributed by atoms with Gasteiger partial charge in [-0.15, -0.1) is 0 Å². The summed E-state index contributed by atoms with van der Waals surface area (Å²) in [5.74, 6) is -3.80. The number of carbonyl (C=O) groups excluding carboxylic acids is 4. The van der Waals surface area contributed by atoms with Crippen LogP contribution >= 0.6 is 12.8 Å². The number of carboxylic acids is 3. The topological polar surface area (TPSA) is 302 Å². The summed E-state index contributed by atoms with van der Waals surface area (Å²) in [6.07, 6.45) is 11.3. The molecule has 0 aliphatic carbocycles. The van der Waals surface area contributed by atoms with E-state index in [9.17, 15) is 38.7 Å². The molecule has 19 heteroatoms. The first-order valence-electron chi connectivity index (χ1n) is 20.7. The molecule has 4 atom stereocenters. The highest BCUT2D eigenvalue weighted by atomic mass is 32.1. The third-order valence-corrected chi connectivity index (χ3v) is 9.87. The Morgan fingerprint density at radius 3 is 1.56 bits per heavy atom. The first-order valence-corrected chi connectivity index (χ1v) is 21.1. The van der Waals surface area contributed by atoms with Gasteiger partial charge in [0.1, 0.15) is 17.8 Å². The van der Waals surface area contributed by atoms with Crippen molar-refractivity contribution in [3.8, 4) is 5.75 Å². The van der Waals surface area contributed by atoms with Crippen LogP contribution in [0.4, 0.5) is 0 Å². The second-order valence-corrected chi connectivity index (χ2v) is 14.8. The molecular formula is C40H67N7O11S. The van der Waals surface area contributed by atoms with Gasteiger partial charge in [0.15, 0.2) is 0 Å². The molecule has 0 aliphatic heterocycles. The SMILES string of the molecule is N[C@@H](CCCCNC(=O)CC[C@H](NC(=O)CCCCCCCCCOc1ccc(C(=O)O)cc1)C(=O)O)C(=O)NCCCC[C@H](N)C(=O)NCCCC[C@H](NS)C(=O)O. The first-order chi connectivity index (χ1) is 28.2. The van der Waals surface area contributed by atoms with E-state index >= 15 is 0 Å². The van der Waals surface area contributed by atoms with Crippen molar-refractivity contribution in [1.29, 1.82) is 0 Å². The minimum absolute atomic E-state index is 0.0399. The number of aromatic carboxylic acids is 1. The summed E-state index contributed by atoms with van der Waals surface area (Å²) in [6, 6.07) is 2.98. The van der Waals surface area contributed by atoms with E-state index in [1.807, 2.05) is 0 Å². The van der Waals surface area contributed by atoms with Crippen LogP contribution in [0, 0.1) is 0 Å². The maximum atomic E-state index is 12.3. The lowest BCUT2D eigenvalue weighted by atomic mass is 10.1.